The van der Waals surface area contributed by atoms with Crippen molar-refractivity contribution in [3.05, 3.63) is 59.2 Å². The highest BCUT2D eigenvalue weighted by molar-refractivity contribution is 5.94. The summed E-state index contributed by atoms with van der Waals surface area (Å²) in [6.45, 7) is 10.1. The second kappa shape index (κ2) is 7.32. The average molecular weight is 311 g/mol. The Morgan fingerprint density at radius 2 is 1.70 bits per heavy atom. The molecule has 0 aromatic heterocycles. The van der Waals surface area contributed by atoms with Gasteiger partial charge >= 0.3 is 0 Å². The number of anilines is 1. The Kier molecular flexibility index (Phi) is 5.43. The van der Waals surface area contributed by atoms with E-state index < -0.39 is 6.10 Å². The molecule has 122 valence electrons. The Bertz CT molecular complexity index is 692. The average Bonchev–Trinajstić information content (AvgIpc) is 2.51. The Hall–Kier alpha value is -2.29. The zero-order valence-corrected chi connectivity index (χ0v) is 14.5. The maximum atomic E-state index is 12.4. The third-order valence-electron chi connectivity index (χ3n) is 3.99. The number of hydrogen-bond donors (Lipinski definition) is 1. The minimum atomic E-state index is -0.559. The van der Waals surface area contributed by atoms with Crippen molar-refractivity contribution in [2.45, 2.75) is 46.6 Å². The first kappa shape index (κ1) is 17.1. The lowest BCUT2D eigenvalue weighted by atomic mass is 10.0. The van der Waals surface area contributed by atoms with E-state index in [0.29, 0.717) is 5.92 Å². The van der Waals surface area contributed by atoms with E-state index in [4.69, 9.17) is 4.74 Å². The molecule has 1 atom stereocenters. The number of nitrogens with one attached hydrogen (secondary N) is 1. The van der Waals surface area contributed by atoms with Gasteiger partial charge in [-0.05, 0) is 61.6 Å². The van der Waals surface area contributed by atoms with Gasteiger partial charge in [-0.1, -0.05) is 38.1 Å². The lowest BCUT2D eigenvalue weighted by Gasteiger charge is -2.19. The Balaban J connectivity index is 2.07. The molecular formula is C20H25NO2. The summed E-state index contributed by atoms with van der Waals surface area (Å²) in [6, 6.07) is 13.8. The molecule has 1 N–H and O–H groups in total. The first-order chi connectivity index (χ1) is 10.9. The number of hydrogen-bond acceptors (Lipinski definition) is 2. The van der Waals surface area contributed by atoms with Crippen LogP contribution in [-0.2, 0) is 4.79 Å². The number of ether oxygens (including phenoxy) is 1. The molecule has 2 aromatic rings. The van der Waals surface area contributed by atoms with E-state index in [0.717, 1.165) is 22.6 Å². The van der Waals surface area contributed by atoms with Gasteiger partial charge in [-0.15, -0.1) is 0 Å². The van der Waals surface area contributed by atoms with Gasteiger partial charge in [-0.2, -0.15) is 0 Å². The van der Waals surface area contributed by atoms with Crippen molar-refractivity contribution in [3.8, 4) is 5.75 Å². The van der Waals surface area contributed by atoms with Gasteiger partial charge in [0.25, 0.3) is 5.91 Å². The molecule has 0 saturated carbocycles. The van der Waals surface area contributed by atoms with E-state index in [1.165, 1.54) is 5.56 Å². The molecule has 0 bridgehead atoms. The van der Waals surface area contributed by atoms with Gasteiger partial charge in [0.2, 0.25) is 0 Å². The number of carbonyl (C=O) groups excluding carboxylic acids is 1. The summed E-state index contributed by atoms with van der Waals surface area (Å²) in [5.41, 5.74) is 4.27. The van der Waals surface area contributed by atoms with Crippen molar-refractivity contribution in [1.82, 2.24) is 0 Å². The predicted molar refractivity (Wildman–Crippen MR) is 95.2 cm³/mol. The molecule has 0 aliphatic rings. The van der Waals surface area contributed by atoms with E-state index in [1.807, 2.05) is 49.4 Å². The fraction of sp³-hybridized carbons (Fsp3) is 0.350. The summed E-state index contributed by atoms with van der Waals surface area (Å²) < 4.78 is 5.88. The van der Waals surface area contributed by atoms with E-state index >= 15 is 0 Å². The molecular weight excluding hydrogens is 286 g/mol. The molecule has 2 aromatic carbocycles. The summed E-state index contributed by atoms with van der Waals surface area (Å²) in [4.78, 5) is 12.4. The Morgan fingerprint density at radius 1 is 1.00 bits per heavy atom. The van der Waals surface area contributed by atoms with Crippen molar-refractivity contribution in [2.75, 3.05) is 5.32 Å². The second-order valence-corrected chi connectivity index (χ2v) is 6.24. The van der Waals surface area contributed by atoms with Crippen LogP contribution in [0.15, 0.2) is 42.5 Å². The number of amides is 1. The molecule has 0 heterocycles. The van der Waals surface area contributed by atoms with E-state index in [2.05, 4.69) is 26.1 Å². The van der Waals surface area contributed by atoms with E-state index in [9.17, 15) is 4.79 Å². The lowest BCUT2D eigenvalue weighted by Crippen LogP contribution is -2.30. The first-order valence-corrected chi connectivity index (χ1v) is 8.02. The summed E-state index contributed by atoms with van der Waals surface area (Å²) in [7, 11) is 0. The molecule has 23 heavy (non-hydrogen) atoms. The minimum absolute atomic E-state index is 0.146. The topological polar surface area (TPSA) is 38.3 Å². The largest absolute Gasteiger partial charge is 0.481 e. The van der Waals surface area contributed by atoms with Crippen LogP contribution >= 0.6 is 0 Å². The molecule has 0 spiro atoms. The molecule has 1 unspecified atom stereocenters. The van der Waals surface area contributed by atoms with Crippen LogP contribution in [0.3, 0.4) is 0 Å². The van der Waals surface area contributed by atoms with Gasteiger partial charge < -0.3 is 10.1 Å². The highest BCUT2D eigenvalue weighted by atomic mass is 16.5. The van der Waals surface area contributed by atoms with Crippen LogP contribution in [-0.4, -0.2) is 12.0 Å². The van der Waals surface area contributed by atoms with Gasteiger partial charge in [-0.25, -0.2) is 0 Å². The normalized spacial score (nSPS) is 12.1. The maximum Gasteiger partial charge on any atom is 0.265 e. The number of aryl methyl sites for hydroxylation is 2. The van der Waals surface area contributed by atoms with E-state index in [-0.39, 0.29) is 5.91 Å². The first-order valence-electron chi connectivity index (χ1n) is 8.02. The van der Waals surface area contributed by atoms with Crippen LogP contribution < -0.4 is 10.1 Å². The zero-order chi connectivity index (χ0) is 17.0. The van der Waals surface area contributed by atoms with E-state index in [1.54, 1.807) is 6.92 Å². The Morgan fingerprint density at radius 3 is 2.35 bits per heavy atom. The van der Waals surface area contributed by atoms with Crippen LogP contribution in [0.1, 0.15) is 43.4 Å². The van der Waals surface area contributed by atoms with Gasteiger partial charge in [0.05, 0.1) is 0 Å². The maximum absolute atomic E-state index is 12.4. The SMILES string of the molecule is Cc1ccc(NC(=O)C(C)Oc2ccccc2C(C)C)cc1C. The third-order valence-corrected chi connectivity index (χ3v) is 3.99. The summed E-state index contributed by atoms with van der Waals surface area (Å²) in [5.74, 6) is 0.971. The number of benzene rings is 2. The summed E-state index contributed by atoms with van der Waals surface area (Å²) in [6.07, 6.45) is -0.559. The summed E-state index contributed by atoms with van der Waals surface area (Å²) in [5, 5.41) is 2.91. The molecule has 3 heteroatoms. The molecule has 0 fully saturated rings. The standard InChI is InChI=1S/C20H25NO2/c1-13(2)18-8-6-7-9-19(18)23-16(5)20(22)21-17-11-10-14(3)15(4)12-17/h6-13,16H,1-5H3,(H,21,22). The monoisotopic (exact) mass is 311 g/mol. The minimum Gasteiger partial charge on any atom is -0.481 e. The molecule has 1 amide bonds. The van der Waals surface area contributed by atoms with Crippen LogP contribution in [0.4, 0.5) is 5.69 Å². The third kappa shape index (κ3) is 4.35. The van der Waals surface area contributed by atoms with Crippen molar-refractivity contribution >= 4 is 11.6 Å². The number of rotatable bonds is 5. The highest BCUT2D eigenvalue weighted by Gasteiger charge is 2.17. The fourth-order valence-corrected chi connectivity index (χ4v) is 2.37. The number of para-hydroxylation sites is 1. The predicted octanol–water partition coefficient (Wildman–Crippen LogP) is 4.83. The van der Waals surface area contributed by atoms with Crippen LogP contribution in [0.2, 0.25) is 0 Å². The zero-order valence-electron chi connectivity index (χ0n) is 14.5. The molecule has 2 rings (SSSR count). The molecule has 3 nitrogen and oxygen atoms in total. The van der Waals surface area contributed by atoms with Crippen molar-refractivity contribution < 1.29 is 9.53 Å². The van der Waals surface area contributed by atoms with Crippen molar-refractivity contribution in [2.24, 2.45) is 0 Å². The second-order valence-electron chi connectivity index (χ2n) is 6.24. The van der Waals surface area contributed by atoms with Crippen LogP contribution in [0.5, 0.6) is 5.75 Å². The van der Waals surface area contributed by atoms with Gasteiger partial charge in [0.15, 0.2) is 6.10 Å². The highest BCUT2D eigenvalue weighted by Crippen LogP contribution is 2.27. The number of carbonyl (C=O) groups is 1. The molecule has 0 radical (unpaired) electrons. The van der Waals surface area contributed by atoms with Crippen LogP contribution in [0.25, 0.3) is 0 Å². The smallest absolute Gasteiger partial charge is 0.265 e. The molecule has 0 saturated heterocycles. The fourth-order valence-electron chi connectivity index (χ4n) is 2.37. The Labute approximate surface area is 138 Å². The lowest BCUT2D eigenvalue weighted by molar-refractivity contribution is -0.122. The molecule has 0 aliphatic heterocycles. The van der Waals surface area contributed by atoms with Gasteiger partial charge in [-0.3, -0.25) is 4.79 Å². The van der Waals surface area contributed by atoms with Gasteiger partial charge in [0, 0.05) is 5.69 Å². The molecule has 0 aliphatic carbocycles. The quantitative estimate of drug-likeness (QED) is 0.858. The van der Waals surface area contributed by atoms with Crippen LogP contribution in [0, 0.1) is 13.8 Å². The van der Waals surface area contributed by atoms with Crippen molar-refractivity contribution in [3.63, 3.8) is 0 Å². The van der Waals surface area contributed by atoms with Gasteiger partial charge in [0.1, 0.15) is 5.75 Å². The summed E-state index contributed by atoms with van der Waals surface area (Å²) >= 11 is 0. The van der Waals surface area contributed by atoms with Crippen molar-refractivity contribution in [1.29, 1.82) is 0 Å².